The summed E-state index contributed by atoms with van der Waals surface area (Å²) in [5.74, 6) is 0.154. The fourth-order valence-corrected chi connectivity index (χ4v) is 2.58. The Bertz CT molecular complexity index is 508. The first kappa shape index (κ1) is 15.4. The highest BCUT2D eigenvalue weighted by Crippen LogP contribution is 2.14. The number of aryl methyl sites for hydroxylation is 1. The number of benzene rings is 1. The molecule has 0 bridgehead atoms. The molecule has 2 amide bonds. The zero-order valence-electron chi connectivity index (χ0n) is 12.6. The molecule has 2 rings (SSSR count). The van der Waals surface area contributed by atoms with Gasteiger partial charge in [0.05, 0.1) is 13.5 Å². The molecule has 0 atom stereocenters. The van der Waals surface area contributed by atoms with Crippen LogP contribution in [0.15, 0.2) is 24.3 Å². The summed E-state index contributed by atoms with van der Waals surface area (Å²) in [6.07, 6.45) is 1.59. The summed E-state index contributed by atoms with van der Waals surface area (Å²) in [5.41, 5.74) is 2.23. The maximum absolute atomic E-state index is 12.3. The minimum absolute atomic E-state index is 0.0972. The Balaban J connectivity index is 1.83. The maximum Gasteiger partial charge on any atom is 0.407 e. The molecule has 1 aliphatic rings. The average molecular weight is 290 g/mol. The molecule has 1 N–H and O–H groups in total. The molecule has 0 unspecified atom stereocenters. The molecule has 1 heterocycles. The first-order chi connectivity index (χ1) is 10.1. The van der Waals surface area contributed by atoms with Gasteiger partial charge < -0.3 is 15.0 Å². The summed E-state index contributed by atoms with van der Waals surface area (Å²) in [5, 5.41) is 2.79. The van der Waals surface area contributed by atoms with Crippen molar-refractivity contribution in [2.75, 3.05) is 20.2 Å². The highest BCUT2D eigenvalue weighted by Gasteiger charge is 2.24. The van der Waals surface area contributed by atoms with E-state index in [0.29, 0.717) is 19.5 Å². The van der Waals surface area contributed by atoms with E-state index in [1.165, 1.54) is 7.11 Å². The second-order valence-electron chi connectivity index (χ2n) is 5.39. The number of carbonyl (C=O) groups excluding carboxylic acids is 2. The Labute approximate surface area is 125 Å². The van der Waals surface area contributed by atoms with Gasteiger partial charge in [-0.2, -0.15) is 0 Å². The van der Waals surface area contributed by atoms with Gasteiger partial charge in [-0.15, -0.1) is 0 Å². The smallest absolute Gasteiger partial charge is 0.407 e. The van der Waals surface area contributed by atoms with Crippen molar-refractivity contribution < 1.29 is 14.3 Å². The van der Waals surface area contributed by atoms with Crippen LogP contribution in [-0.2, 0) is 16.0 Å². The lowest BCUT2D eigenvalue weighted by atomic mass is 10.0. The maximum atomic E-state index is 12.3. The Morgan fingerprint density at radius 2 is 1.95 bits per heavy atom. The van der Waals surface area contributed by atoms with Gasteiger partial charge in [-0.1, -0.05) is 24.3 Å². The van der Waals surface area contributed by atoms with E-state index < -0.39 is 6.09 Å². The predicted molar refractivity (Wildman–Crippen MR) is 80.0 cm³/mol. The molecule has 0 radical (unpaired) electrons. The molecule has 0 saturated carbocycles. The number of hydrogen-bond acceptors (Lipinski definition) is 3. The van der Waals surface area contributed by atoms with Crippen molar-refractivity contribution in [3.8, 4) is 0 Å². The molecular formula is C16H22N2O3. The molecule has 0 spiro atoms. The molecule has 21 heavy (non-hydrogen) atoms. The van der Waals surface area contributed by atoms with E-state index >= 15 is 0 Å². The Kier molecular flexibility index (Phi) is 5.20. The summed E-state index contributed by atoms with van der Waals surface area (Å²) >= 11 is 0. The first-order valence-corrected chi connectivity index (χ1v) is 7.27. The molecule has 1 aliphatic heterocycles. The number of piperidine rings is 1. The van der Waals surface area contributed by atoms with E-state index in [0.717, 1.165) is 24.0 Å². The normalized spacial score (nSPS) is 15.6. The van der Waals surface area contributed by atoms with Crippen LogP contribution in [0.3, 0.4) is 0 Å². The third-order valence-electron chi connectivity index (χ3n) is 3.96. The number of amides is 2. The summed E-state index contributed by atoms with van der Waals surface area (Å²) in [4.78, 5) is 25.4. The van der Waals surface area contributed by atoms with E-state index in [-0.39, 0.29) is 11.9 Å². The molecule has 114 valence electrons. The molecule has 0 aromatic heterocycles. The Morgan fingerprint density at radius 1 is 1.29 bits per heavy atom. The lowest BCUT2D eigenvalue weighted by molar-refractivity contribution is -0.131. The number of ether oxygens (including phenoxy) is 1. The van der Waals surface area contributed by atoms with Gasteiger partial charge in [0.2, 0.25) is 5.91 Å². The van der Waals surface area contributed by atoms with E-state index in [9.17, 15) is 9.59 Å². The number of hydrogen-bond donors (Lipinski definition) is 1. The van der Waals surface area contributed by atoms with Crippen LogP contribution in [0.5, 0.6) is 0 Å². The van der Waals surface area contributed by atoms with Crippen molar-refractivity contribution >= 4 is 12.0 Å². The van der Waals surface area contributed by atoms with Gasteiger partial charge in [-0.05, 0) is 30.9 Å². The van der Waals surface area contributed by atoms with Crippen LogP contribution >= 0.6 is 0 Å². The van der Waals surface area contributed by atoms with Gasteiger partial charge in [-0.25, -0.2) is 4.79 Å². The first-order valence-electron chi connectivity index (χ1n) is 7.27. The quantitative estimate of drug-likeness (QED) is 0.924. The number of nitrogens with one attached hydrogen (secondary N) is 1. The fraction of sp³-hybridized carbons (Fsp3) is 0.500. The lowest BCUT2D eigenvalue weighted by Gasteiger charge is -2.32. The van der Waals surface area contributed by atoms with Crippen molar-refractivity contribution in [3.63, 3.8) is 0 Å². The number of nitrogens with zero attached hydrogens (tertiary/aromatic N) is 1. The van der Waals surface area contributed by atoms with Gasteiger partial charge in [0.1, 0.15) is 0 Å². The third kappa shape index (κ3) is 4.21. The highest BCUT2D eigenvalue weighted by molar-refractivity contribution is 5.79. The number of alkyl carbamates (subject to hydrolysis) is 1. The molecule has 1 aromatic carbocycles. The summed E-state index contributed by atoms with van der Waals surface area (Å²) in [6.45, 7) is 3.38. The van der Waals surface area contributed by atoms with Crippen molar-refractivity contribution in [1.29, 1.82) is 0 Å². The number of carbonyl (C=O) groups is 2. The molecule has 1 fully saturated rings. The standard InChI is InChI=1S/C16H22N2O3/c1-12-5-3-4-6-13(12)11-15(19)18-9-7-14(8-10-18)17-16(20)21-2/h3-6,14H,7-11H2,1-2H3,(H,17,20). The highest BCUT2D eigenvalue weighted by atomic mass is 16.5. The van der Waals surface area contributed by atoms with Crippen LogP contribution in [-0.4, -0.2) is 43.1 Å². The average Bonchev–Trinajstić information content (AvgIpc) is 2.50. The van der Waals surface area contributed by atoms with Gasteiger partial charge in [0.25, 0.3) is 0 Å². The predicted octanol–water partition coefficient (Wildman–Crippen LogP) is 1.88. The van der Waals surface area contributed by atoms with Gasteiger partial charge >= 0.3 is 6.09 Å². The molecular weight excluding hydrogens is 268 g/mol. The monoisotopic (exact) mass is 290 g/mol. The van der Waals surface area contributed by atoms with Gasteiger partial charge in [-0.3, -0.25) is 4.79 Å². The van der Waals surface area contributed by atoms with E-state index in [1.807, 2.05) is 36.1 Å². The Hall–Kier alpha value is -2.04. The fourth-order valence-electron chi connectivity index (χ4n) is 2.58. The summed E-state index contributed by atoms with van der Waals surface area (Å²) < 4.78 is 4.59. The third-order valence-corrected chi connectivity index (χ3v) is 3.96. The van der Waals surface area contributed by atoms with E-state index in [1.54, 1.807) is 0 Å². The molecule has 0 aliphatic carbocycles. The molecule has 1 aromatic rings. The minimum Gasteiger partial charge on any atom is -0.453 e. The van der Waals surface area contributed by atoms with Crippen LogP contribution in [0, 0.1) is 6.92 Å². The topological polar surface area (TPSA) is 58.6 Å². The summed E-state index contributed by atoms with van der Waals surface area (Å²) in [6, 6.07) is 8.06. The zero-order valence-corrected chi connectivity index (χ0v) is 12.6. The number of rotatable bonds is 3. The van der Waals surface area contributed by atoms with Gasteiger partial charge in [0, 0.05) is 19.1 Å². The Morgan fingerprint density at radius 3 is 2.57 bits per heavy atom. The zero-order chi connectivity index (χ0) is 15.2. The molecule has 5 heteroatoms. The van der Waals surface area contributed by atoms with Crippen molar-refractivity contribution in [1.82, 2.24) is 10.2 Å². The largest absolute Gasteiger partial charge is 0.453 e. The van der Waals surface area contributed by atoms with Crippen LogP contribution in [0.4, 0.5) is 4.79 Å². The lowest BCUT2D eigenvalue weighted by Crippen LogP contribution is -2.46. The van der Waals surface area contributed by atoms with Crippen LogP contribution in [0.1, 0.15) is 24.0 Å². The number of likely N-dealkylation sites (tertiary alicyclic amines) is 1. The molecule has 5 nitrogen and oxygen atoms in total. The molecule has 1 saturated heterocycles. The summed E-state index contributed by atoms with van der Waals surface area (Å²) in [7, 11) is 1.36. The van der Waals surface area contributed by atoms with E-state index in [4.69, 9.17) is 0 Å². The second kappa shape index (κ2) is 7.11. The van der Waals surface area contributed by atoms with Crippen molar-refractivity contribution in [2.24, 2.45) is 0 Å². The van der Waals surface area contributed by atoms with Crippen LogP contribution < -0.4 is 5.32 Å². The SMILES string of the molecule is COC(=O)NC1CCN(C(=O)Cc2ccccc2C)CC1. The van der Waals surface area contributed by atoms with Crippen LogP contribution in [0.2, 0.25) is 0 Å². The van der Waals surface area contributed by atoms with Crippen molar-refractivity contribution in [2.45, 2.75) is 32.2 Å². The van der Waals surface area contributed by atoms with Crippen LogP contribution in [0.25, 0.3) is 0 Å². The minimum atomic E-state index is -0.403. The van der Waals surface area contributed by atoms with Crippen molar-refractivity contribution in [3.05, 3.63) is 35.4 Å². The second-order valence-corrected chi connectivity index (χ2v) is 5.39. The van der Waals surface area contributed by atoms with Gasteiger partial charge in [0.15, 0.2) is 0 Å². The van der Waals surface area contributed by atoms with E-state index in [2.05, 4.69) is 10.1 Å². The number of methoxy groups -OCH3 is 1.